The zero-order chi connectivity index (χ0) is 13.8. The molecule has 0 aliphatic rings. The van der Waals surface area contributed by atoms with Gasteiger partial charge in [-0.3, -0.25) is 9.78 Å². The van der Waals surface area contributed by atoms with E-state index in [-0.39, 0.29) is 5.76 Å². The number of oxazole rings is 1. The molecule has 0 spiro atoms. The summed E-state index contributed by atoms with van der Waals surface area (Å²) in [5.41, 5.74) is 1.13. The van der Waals surface area contributed by atoms with Gasteiger partial charge in [0.15, 0.2) is 12.2 Å². The van der Waals surface area contributed by atoms with Crippen LogP contribution in [0.5, 0.6) is 0 Å². The molecule has 0 unspecified atom stereocenters. The third kappa shape index (κ3) is 2.51. The second-order valence-electron chi connectivity index (χ2n) is 3.83. The first-order chi connectivity index (χ1) is 9.83. The van der Waals surface area contributed by atoms with Crippen LogP contribution in [0.1, 0.15) is 10.6 Å². The molecule has 0 bridgehead atoms. The van der Waals surface area contributed by atoms with Crippen LogP contribution in [0.3, 0.4) is 0 Å². The number of carbonyl (C=O) groups excluding carboxylic acids is 1. The van der Waals surface area contributed by atoms with Crippen molar-refractivity contribution in [2.45, 2.75) is 0 Å². The first-order valence-electron chi connectivity index (χ1n) is 5.76. The molecular formula is C13H9N5O2. The largest absolute Gasteiger partial charge is 0.438 e. The van der Waals surface area contributed by atoms with Crippen LogP contribution in [0.4, 0.5) is 5.69 Å². The molecule has 3 rings (SSSR count). The molecule has 7 heteroatoms. The molecule has 0 saturated heterocycles. The number of rotatable bonds is 3. The lowest BCUT2D eigenvalue weighted by Crippen LogP contribution is -2.11. The van der Waals surface area contributed by atoms with Gasteiger partial charge >= 0.3 is 0 Å². The molecule has 0 fully saturated rings. The summed E-state index contributed by atoms with van der Waals surface area (Å²) in [6.45, 7) is 0. The fraction of sp³-hybridized carbons (Fsp3) is 0. The third-order valence-corrected chi connectivity index (χ3v) is 2.46. The molecule has 0 aliphatic carbocycles. The van der Waals surface area contributed by atoms with Crippen molar-refractivity contribution in [1.29, 1.82) is 0 Å². The van der Waals surface area contributed by atoms with Gasteiger partial charge in [0.05, 0.1) is 24.3 Å². The molecular weight excluding hydrogens is 258 g/mol. The summed E-state index contributed by atoms with van der Waals surface area (Å²) < 4.78 is 4.89. The maximum absolute atomic E-state index is 11.7. The van der Waals surface area contributed by atoms with Crippen LogP contribution in [0, 0.1) is 0 Å². The van der Waals surface area contributed by atoms with Gasteiger partial charge in [-0.05, 0) is 12.1 Å². The van der Waals surface area contributed by atoms with Crippen molar-refractivity contribution >= 4 is 11.6 Å². The minimum absolute atomic E-state index is 0.124. The molecule has 1 amide bonds. The fourth-order valence-corrected chi connectivity index (χ4v) is 1.54. The molecule has 0 saturated carbocycles. The van der Waals surface area contributed by atoms with Gasteiger partial charge in [-0.15, -0.1) is 0 Å². The van der Waals surface area contributed by atoms with Gasteiger partial charge in [0.1, 0.15) is 5.69 Å². The Labute approximate surface area is 113 Å². The SMILES string of the molecule is O=C(Nc1cnc(-c2ccccn2)nc1)c1cnco1. The maximum Gasteiger partial charge on any atom is 0.293 e. The second-order valence-corrected chi connectivity index (χ2v) is 3.83. The van der Waals surface area contributed by atoms with Gasteiger partial charge in [0.25, 0.3) is 5.91 Å². The lowest BCUT2D eigenvalue weighted by molar-refractivity contribution is 0.0996. The van der Waals surface area contributed by atoms with Crippen LogP contribution in [-0.4, -0.2) is 25.8 Å². The van der Waals surface area contributed by atoms with Crippen LogP contribution in [0.2, 0.25) is 0 Å². The van der Waals surface area contributed by atoms with Gasteiger partial charge in [-0.25, -0.2) is 15.0 Å². The van der Waals surface area contributed by atoms with Crippen LogP contribution >= 0.6 is 0 Å². The Morgan fingerprint density at radius 2 is 1.95 bits per heavy atom. The Balaban J connectivity index is 1.75. The number of pyridine rings is 1. The zero-order valence-electron chi connectivity index (χ0n) is 10.2. The highest BCUT2D eigenvalue weighted by molar-refractivity contribution is 6.01. The number of amides is 1. The molecule has 0 radical (unpaired) electrons. The van der Waals surface area contributed by atoms with Crippen molar-refractivity contribution in [3.05, 3.63) is 55.1 Å². The van der Waals surface area contributed by atoms with Gasteiger partial charge in [-0.1, -0.05) is 6.07 Å². The molecule has 0 aromatic carbocycles. The lowest BCUT2D eigenvalue weighted by Gasteiger charge is -2.03. The molecule has 1 N–H and O–H groups in total. The van der Waals surface area contributed by atoms with Crippen LogP contribution in [-0.2, 0) is 0 Å². The standard InChI is InChI=1S/C13H9N5O2/c19-13(11-7-14-8-20-11)18-9-5-16-12(17-6-9)10-3-1-2-4-15-10/h1-8H,(H,18,19). The molecule has 0 atom stereocenters. The van der Waals surface area contributed by atoms with Crippen molar-refractivity contribution in [2.24, 2.45) is 0 Å². The number of nitrogens with zero attached hydrogens (tertiary/aromatic N) is 4. The Morgan fingerprint density at radius 3 is 2.60 bits per heavy atom. The van der Waals surface area contributed by atoms with E-state index in [0.29, 0.717) is 17.2 Å². The third-order valence-electron chi connectivity index (χ3n) is 2.46. The molecule has 98 valence electrons. The number of hydrogen-bond donors (Lipinski definition) is 1. The molecule has 3 heterocycles. The Bertz CT molecular complexity index is 695. The summed E-state index contributed by atoms with van der Waals surface area (Å²) in [5.74, 6) is 0.207. The van der Waals surface area contributed by atoms with Gasteiger partial charge in [0, 0.05) is 6.20 Å². The zero-order valence-corrected chi connectivity index (χ0v) is 10.2. The van der Waals surface area contributed by atoms with E-state index >= 15 is 0 Å². The monoisotopic (exact) mass is 267 g/mol. The number of hydrogen-bond acceptors (Lipinski definition) is 6. The van der Waals surface area contributed by atoms with E-state index in [1.54, 1.807) is 6.20 Å². The normalized spacial score (nSPS) is 10.2. The number of nitrogens with one attached hydrogen (secondary N) is 1. The van der Waals surface area contributed by atoms with Crippen molar-refractivity contribution in [3.63, 3.8) is 0 Å². The summed E-state index contributed by atoms with van der Waals surface area (Å²) in [7, 11) is 0. The van der Waals surface area contributed by atoms with E-state index in [1.807, 2.05) is 18.2 Å². The van der Waals surface area contributed by atoms with Crippen molar-refractivity contribution in [2.75, 3.05) is 5.32 Å². The van der Waals surface area contributed by atoms with Crippen LogP contribution in [0.15, 0.2) is 53.8 Å². The van der Waals surface area contributed by atoms with E-state index in [4.69, 9.17) is 4.42 Å². The minimum Gasteiger partial charge on any atom is -0.438 e. The highest BCUT2D eigenvalue weighted by Crippen LogP contribution is 2.12. The fourth-order valence-electron chi connectivity index (χ4n) is 1.54. The predicted molar refractivity (Wildman–Crippen MR) is 69.7 cm³/mol. The van der Waals surface area contributed by atoms with E-state index in [9.17, 15) is 4.79 Å². The number of aromatic nitrogens is 4. The number of anilines is 1. The van der Waals surface area contributed by atoms with Gasteiger partial charge < -0.3 is 9.73 Å². The Morgan fingerprint density at radius 1 is 1.10 bits per heavy atom. The maximum atomic E-state index is 11.7. The first kappa shape index (κ1) is 12.0. The summed E-state index contributed by atoms with van der Waals surface area (Å²) in [6.07, 6.45) is 7.20. The van der Waals surface area contributed by atoms with E-state index < -0.39 is 5.91 Å². The average Bonchev–Trinajstić information content (AvgIpc) is 3.03. The van der Waals surface area contributed by atoms with E-state index in [0.717, 1.165) is 0 Å². The van der Waals surface area contributed by atoms with Gasteiger partial charge in [0.2, 0.25) is 5.76 Å². The quantitative estimate of drug-likeness (QED) is 0.777. The second kappa shape index (κ2) is 5.27. The van der Waals surface area contributed by atoms with E-state index in [1.165, 1.54) is 25.0 Å². The Hall–Kier alpha value is -3.09. The van der Waals surface area contributed by atoms with Crippen LogP contribution < -0.4 is 5.32 Å². The van der Waals surface area contributed by atoms with Gasteiger partial charge in [-0.2, -0.15) is 0 Å². The smallest absolute Gasteiger partial charge is 0.293 e. The average molecular weight is 267 g/mol. The lowest BCUT2D eigenvalue weighted by atomic mass is 10.3. The molecule has 3 aromatic heterocycles. The molecule has 3 aromatic rings. The Kier molecular flexibility index (Phi) is 3.15. The molecule has 20 heavy (non-hydrogen) atoms. The summed E-state index contributed by atoms with van der Waals surface area (Å²) in [4.78, 5) is 27.8. The highest BCUT2D eigenvalue weighted by Gasteiger charge is 2.10. The minimum atomic E-state index is -0.406. The molecule has 0 aliphatic heterocycles. The summed E-state index contributed by atoms with van der Waals surface area (Å²) in [5, 5.41) is 2.60. The van der Waals surface area contributed by atoms with Crippen molar-refractivity contribution < 1.29 is 9.21 Å². The predicted octanol–water partition coefficient (Wildman–Crippen LogP) is 1.78. The molecule has 7 nitrogen and oxygen atoms in total. The van der Waals surface area contributed by atoms with Crippen molar-refractivity contribution in [3.8, 4) is 11.5 Å². The summed E-state index contributed by atoms with van der Waals surface area (Å²) in [6, 6.07) is 5.48. The first-order valence-corrected chi connectivity index (χ1v) is 5.76. The number of carbonyl (C=O) groups is 1. The van der Waals surface area contributed by atoms with Crippen LogP contribution in [0.25, 0.3) is 11.5 Å². The highest BCUT2D eigenvalue weighted by atomic mass is 16.3. The van der Waals surface area contributed by atoms with Crippen molar-refractivity contribution in [1.82, 2.24) is 19.9 Å². The summed E-state index contributed by atoms with van der Waals surface area (Å²) >= 11 is 0. The topological polar surface area (TPSA) is 93.8 Å². The van der Waals surface area contributed by atoms with E-state index in [2.05, 4.69) is 25.3 Å².